The van der Waals surface area contributed by atoms with Gasteiger partial charge in [0.05, 0.1) is 4.90 Å². The number of hydrogen-bond acceptors (Lipinski definition) is 4. The topological polar surface area (TPSA) is 83.7 Å². The molecular weight excluding hydrogens is 410 g/mol. The highest BCUT2D eigenvalue weighted by Gasteiger charge is 2.35. The number of sulfonamides is 1. The fourth-order valence-electron chi connectivity index (χ4n) is 3.01. The van der Waals surface area contributed by atoms with E-state index in [9.17, 15) is 13.2 Å². The van der Waals surface area contributed by atoms with E-state index in [1.165, 1.54) is 28.6 Å². The summed E-state index contributed by atoms with van der Waals surface area (Å²) in [4.78, 5) is 14.3. The maximum Gasteiger partial charge on any atom is 0.244 e. The molecule has 0 unspecified atom stereocenters. The van der Waals surface area contributed by atoms with Crippen molar-refractivity contribution in [2.45, 2.75) is 37.8 Å². The lowest BCUT2D eigenvalue weighted by Crippen LogP contribution is -2.48. The summed E-state index contributed by atoms with van der Waals surface area (Å²) in [6.45, 7) is 3.89. The van der Waals surface area contributed by atoms with Gasteiger partial charge in [0, 0.05) is 31.4 Å². The zero-order valence-corrected chi connectivity index (χ0v) is 18.7. The number of carbonyl (C=O) groups excluding carboxylic acids is 1. The normalized spacial score (nSPS) is 12.9. The molecule has 8 heteroatoms. The van der Waals surface area contributed by atoms with Crippen LogP contribution in [-0.2, 0) is 21.4 Å². The second-order valence-electron chi connectivity index (χ2n) is 7.61. The van der Waals surface area contributed by atoms with E-state index in [0.717, 1.165) is 11.3 Å². The number of carbonyl (C=O) groups is 1. The molecule has 158 valence electrons. The number of primary amides is 1. The summed E-state index contributed by atoms with van der Waals surface area (Å²) in [6.07, 6.45) is 0.331. The third-order valence-corrected chi connectivity index (χ3v) is 6.70. The van der Waals surface area contributed by atoms with Gasteiger partial charge in [-0.05, 0) is 54.3 Å². The zero-order valence-electron chi connectivity index (χ0n) is 17.2. The zero-order chi connectivity index (χ0) is 21.8. The van der Waals surface area contributed by atoms with Crippen molar-refractivity contribution in [1.82, 2.24) is 4.31 Å². The maximum absolute atomic E-state index is 13.4. The van der Waals surface area contributed by atoms with Gasteiger partial charge in [0.15, 0.2) is 0 Å². The van der Waals surface area contributed by atoms with Gasteiger partial charge >= 0.3 is 0 Å². The summed E-state index contributed by atoms with van der Waals surface area (Å²) in [5, 5.41) is 0.434. The van der Waals surface area contributed by atoms with Crippen LogP contribution in [0.5, 0.6) is 0 Å². The number of hydrogen-bond donors (Lipinski definition) is 1. The molecule has 1 atom stereocenters. The van der Waals surface area contributed by atoms with E-state index in [-0.39, 0.29) is 17.4 Å². The molecule has 0 aliphatic rings. The number of amides is 1. The molecule has 0 aromatic heterocycles. The minimum Gasteiger partial charge on any atom is -0.378 e. The van der Waals surface area contributed by atoms with Gasteiger partial charge in [-0.15, -0.1) is 0 Å². The molecule has 0 heterocycles. The lowest BCUT2D eigenvalue weighted by atomic mass is 10.0. The molecule has 6 nitrogen and oxygen atoms in total. The Labute approximate surface area is 178 Å². The van der Waals surface area contributed by atoms with Gasteiger partial charge in [0.1, 0.15) is 6.04 Å². The van der Waals surface area contributed by atoms with Crippen LogP contribution in [0.1, 0.15) is 25.8 Å². The average molecular weight is 438 g/mol. The lowest BCUT2D eigenvalue weighted by Gasteiger charge is -2.30. The Bertz CT molecular complexity index is 927. The molecule has 0 fully saturated rings. The van der Waals surface area contributed by atoms with Gasteiger partial charge in [-0.3, -0.25) is 4.79 Å². The van der Waals surface area contributed by atoms with E-state index in [2.05, 4.69) is 0 Å². The van der Waals surface area contributed by atoms with Crippen molar-refractivity contribution in [3.8, 4) is 0 Å². The van der Waals surface area contributed by atoms with Crippen molar-refractivity contribution in [3.63, 3.8) is 0 Å². The van der Waals surface area contributed by atoms with Crippen molar-refractivity contribution in [3.05, 3.63) is 59.1 Å². The van der Waals surface area contributed by atoms with Crippen LogP contribution in [0.15, 0.2) is 53.4 Å². The second kappa shape index (κ2) is 9.61. The molecule has 0 aliphatic heterocycles. The number of anilines is 1. The van der Waals surface area contributed by atoms with Gasteiger partial charge in [0.2, 0.25) is 15.9 Å². The first-order chi connectivity index (χ1) is 13.5. The minimum atomic E-state index is -3.97. The van der Waals surface area contributed by atoms with Crippen LogP contribution in [0.4, 0.5) is 5.69 Å². The van der Waals surface area contributed by atoms with Crippen LogP contribution < -0.4 is 10.6 Å². The number of halogens is 1. The van der Waals surface area contributed by atoms with Gasteiger partial charge < -0.3 is 10.6 Å². The van der Waals surface area contributed by atoms with Crippen molar-refractivity contribution in [2.75, 3.05) is 19.0 Å². The standard InChI is InChI=1S/C21H28ClN3O3S/c1-15(2)13-20(21(23)26)25(14-16-5-9-18(10-6-16)24(3)4)29(27,28)19-11-7-17(22)8-12-19/h5-12,15,20H,13-14H2,1-4H3,(H2,23,26)/t20-/m0/s1. The molecule has 1 amide bonds. The van der Waals surface area contributed by atoms with Gasteiger partial charge in [-0.1, -0.05) is 37.6 Å². The largest absolute Gasteiger partial charge is 0.378 e. The predicted octanol–water partition coefficient (Wildman–Crippen LogP) is 3.50. The fourth-order valence-corrected chi connectivity index (χ4v) is 4.73. The Morgan fingerprint density at radius 1 is 1.03 bits per heavy atom. The third-order valence-electron chi connectivity index (χ3n) is 4.58. The van der Waals surface area contributed by atoms with Crippen molar-refractivity contribution >= 4 is 33.2 Å². The van der Waals surface area contributed by atoms with E-state index in [1.54, 1.807) is 0 Å². The van der Waals surface area contributed by atoms with E-state index in [1.807, 2.05) is 57.1 Å². The van der Waals surface area contributed by atoms with Gasteiger partial charge in [-0.25, -0.2) is 8.42 Å². The summed E-state index contributed by atoms with van der Waals surface area (Å²) in [6, 6.07) is 12.5. The highest BCUT2D eigenvalue weighted by Crippen LogP contribution is 2.26. The van der Waals surface area contributed by atoms with E-state index >= 15 is 0 Å². The number of nitrogens with zero attached hydrogens (tertiary/aromatic N) is 2. The average Bonchev–Trinajstić information content (AvgIpc) is 2.64. The third kappa shape index (κ3) is 5.95. The fraction of sp³-hybridized carbons (Fsp3) is 0.381. The quantitative estimate of drug-likeness (QED) is 0.650. The Hall–Kier alpha value is -2.09. The molecule has 2 aromatic carbocycles. The first kappa shape index (κ1) is 23.2. The molecule has 0 radical (unpaired) electrons. The summed E-state index contributed by atoms with van der Waals surface area (Å²) in [7, 11) is -0.112. The maximum atomic E-state index is 13.4. The Morgan fingerprint density at radius 2 is 1.59 bits per heavy atom. The first-order valence-corrected chi connectivity index (χ1v) is 11.2. The van der Waals surface area contributed by atoms with Gasteiger partial charge in [0.25, 0.3) is 0 Å². The summed E-state index contributed by atoms with van der Waals surface area (Å²) >= 11 is 5.91. The van der Waals surface area contributed by atoms with E-state index in [0.29, 0.717) is 11.4 Å². The van der Waals surface area contributed by atoms with E-state index < -0.39 is 22.0 Å². The molecular formula is C21H28ClN3O3S. The molecule has 0 bridgehead atoms. The molecule has 2 rings (SSSR count). The molecule has 2 aromatic rings. The van der Waals surface area contributed by atoms with Crippen molar-refractivity contribution < 1.29 is 13.2 Å². The Kier molecular flexibility index (Phi) is 7.68. The van der Waals surface area contributed by atoms with Crippen LogP contribution in [0.25, 0.3) is 0 Å². The van der Waals surface area contributed by atoms with Crippen LogP contribution in [0.3, 0.4) is 0 Å². The Balaban J connectivity index is 2.49. The molecule has 0 aliphatic carbocycles. The second-order valence-corrected chi connectivity index (χ2v) is 9.94. The monoisotopic (exact) mass is 437 g/mol. The molecule has 29 heavy (non-hydrogen) atoms. The van der Waals surface area contributed by atoms with Crippen LogP contribution in [0.2, 0.25) is 5.02 Å². The smallest absolute Gasteiger partial charge is 0.244 e. The Morgan fingerprint density at radius 3 is 2.03 bits per heavy atom. The number of nitrogens with two attached hydrogens (primary N) is 1. The van der Waals surface area contributed by atoms with Crippen LogP contribution >= 0.6 is 11.6 Å². The highest BCUT2D eigenvalue weighted by molar-refractivity contribution is 7.89. The van der Waals surface area contributed by atoms with Crippen LogP contribution in [0, 0.1) is 5.92 Å². The number of benzene rings is 2. The van der Waals surface area contributed by atoms with E-state index in [4.69, 9.17) is 17.3 Å². The highest BCUT2D eigenvalue weighted by atomic mass is 35.5. The van der Waals surface area contributed by atoms with Crippen molar-refractivity contribution in [1.29, 1.82) is 0 Å². The molecule has 0 saturated heterocycles. The van der Waals surface area contributed by atoms with Gasteiger partial charge in [-0.2, -0.15) is 4.31 Å². The minimum absolute atomic E-state index is 0.0407. The SMILES string of the molecule is CC(C)C[C@@H](C(N)=O)N(Cc1ccc(N(C)C)cc1)S(=O)(=O)c1ccc(Cl)cc1. The molecule has 0 saturated carbocycles. The predicted molar refractivity (Wildman–Crippen MR) is 117 cm³/mol. The van der Waals surface area contributed by atoms with Crippen LogP contribution in [-0.4, -0.2) is 38.8 Å². The lowest BCUT2D eigenvalue weighted by molar-refractivity contribution is -0.122. The summed E-state index contributed by atoms with van der Waals surface area (Å²) in [5.74, 6) is -0.576. The summed E-state index contributed by atoms with van der Waals surface area (Å²) in [5.41, 5.74) is 7.39. The van der Waals surface area contributed by atoms with Crippen molar-refractivity contribution in [2.24, 2.45) is 11.7 Å². The first-order valence-electron chi connectivity index (χ1n) is 9.35. The molecule has 0 spiro atoms. The summed E-state index contributed by atoms with van der Waals surface area (Å²) < 4.78 is 28.0. The number of rotatable bonds is 9. The molecule has 2 N–H and O–H groups in total.